The molecule has 2 N–H and O–H groups in total. The zero-order valence-corrected chi connectivity index (χ0v) is 33.4. The standard InChI is InChI=1S/C51H36F6N4/c1-27-5-12-31(13-6-27)44-37-19-20-38(58-37)45(32-14-7-28(2)8-15-32)40-23-24-42(60-40)47-34-18-11-30(4)25-35(34)49(52,53)51(56,57)50(54,55)36-26-43(61-48(36)47)46(41-22-21-39(44)59-41)33-16-9-29(3)10-17-33/h5-26,59-60H,1-4H3. The van der Waals surface area contributed by atoms with E-state index >= 15 is 26.3 Å². The van der Waals surface area contributed by atoms with E-state index < -0.39 is 34.6 Å². The second kappa shape index (κ2) is 13.5. The van der Waals surface area contributed by atoms with Gasteiger partial charge in [-0.15, -0.1) is 0 Å². The summed E-state index contributed by atoms with van der Waals surface area (Å²) in [6.07, 6.45) is 4.68. The number of rotatable bonds is 3. The molecule has 0 fully saturated rings. The molecule has 4 nitrogen and oxygen atoms in total. The van der Waals surface area contributed by atoms with E-state index in [9.17, 15) is 0 Å². The van der Waals surface area contributed by atoms with Gasteiger partial charge in [-0.3, -0.25) is 0 Å². The highest BCUT2D eigenvalue weighted by atomic mass is 19.3. The second-order valence-corrected chi connectivity index (χ2v) is 16.1. The van der Waals surface area contributed by atoms with E-state index in [-0.39, 0.29) is 27.9 Å². The molecule has 3 aliphatic rings. The van der Waals surface area contributed by atoms with Crippen LogP contribution in [0.5, 0.6) is 0 Å². The van der Waals surface area contributed by atoms with E-state index in [1.54, 1.807) is 30.3 Å². The first-order valence-electron chi connectivity index (χ1n) is 19.8. The molecule has 302 valence electrons. The Morgan fingerprint density at radius 3 is 1.30 bits per heavy atom. The van der Waals surface area contributed by atoms with E-state index in [1.165, 1.54) is 19.1 Å². The lowest BCUT2D eigenvalue weighted by molar-refractivity contribution is -0.294. The second-order valence-electron chi connectivity index (χ2n) is 16.1. The fraction of sp³-hybridized carbons (Fsp3) is 0.137. The molecule has 0 saturated carbocycles. The number of aryl methyl sites for hydroxylation is 4. The fourth-order valence-electron chi connectivity index (χ4n) is 8.55. The van der Waals surface area contributed by atoms with Crippen LogP contribution in [0.4, 0.5) is 26.3 Å². The number of nitrogens with one attached hydrogen (secondary N) is 2. The molecular weight excluding hydrogens is 783 g/mol. The summed E-state index contributed by atoms with van der Waals surface area (Å²) in [4.78, 5) is 16.9. The van der Waals surface area contributed by atoms with Crippen molar-refractivity contribution in [1.29, 1.82) is 0 Å². The summed E-state index contributed by atoms with van der Waals surface area (Å²) in [7, 11) is 0. The summed E-state index contributed by atoms with van der Waals surface area (Å²) in [6, 6.07) is 33.6. The van der Waals surface area contributed by atoms with Crippen LogP contribution in [0, 0.1) is 27.7 Å². The van der Waals surface area contributed by atoms with Gasteiger partial charge in [-0.1, -0.05) is 107 Å². The highest BCUT2D eigenvalue weighted by Crippen LogP contribution is 2.61. The maximum Gasteiger partial charge on any atom is 0.380 e. The molecule has 10 heteroatoms. The average Bonchev–Trinajstić information content (AvgIpc) is 4.07. The number of fused-ring (bicyclic) bond motifs is 10. The molecule has 0 atom stereocenters. The van der Waals surface area contributed by atoms with Crippen LogP contribution in [0.25, 0.3) is 90.4 Å². The van der Waals surface area contributed by atoms with Gasteiger partial charge in [0, 0.05) is 49.9 Å². The molecule has 4 aromatic carbocycles. The number of aromatic amines is 2. The van der Waals surface area contributed by atoms with Crippen molar-refractivity contribution in [2.24, 2.45) is 0 Å². The Morgan fingerprint density at radius 1 is 0.426 bits per heavy atom. The van der Waals surface area contributed by atoms with E-state index in [0.717, 1.165) is 45.5 Å². The Bertz CT molecular complexity index is 3190. The minimum atomic E-state index is -5.86. The van der Waals surface area contributed by atoms with Gasteiger partial charge in [0.05, 0.1) is 28.3 Å². The van der Waals surface area contributed by atoms with Crippen LogP contribution >= 0.6 is 0 Å². The number of aromatic nitrogens is 4. The van der Waals surface area contributed by atoms with Crippen LogP contribution < -0.4 is 0 Å². The molecule has 0 spiro atoms. The molecule has 5 heterocycles. The number of hydrogen-bond donors (Lipinski definition) is 2. The van der Waals surface area contributed by atoms with Gasteiger partial charge >= 0.3 is 17.8 Å². The third-order valence-electron chi connectivity index (χ3n) is 11.8. The van der Waals surface area contributed by atoms with Crippen LogP contribution in [-0.4, -0.2) is 31.8 Å². The number of H-pyrrole nitrogens is 2. The van der Waals surface area contributed by atoms with Crippen molar-refractivity contribution < 1.29 is 26.3 Å². The third kappa shape index (κ3) is 5.90. The number of benzene rings is 4. The maximum atomic E-state index is 16.9. The van der Waals surface area contributed by atoms with Gasteiger partial charge in [0.2, 0.25) is 0 Å². The first-order valence-corrected chi connectivity index (χ1v) is 19.8. The van der Waals surface area contributed by atoms with Crippen molar-refractivity contribution in [2.75, 3.05) is 0 Å². The van der Waals surface area contributed by atoms with Gasteiger partial charge in [0.1, 0.15) is 0 Å². The molecule has 8 bridgehead atoms. The zero-order valence-electron chi connectivity index (χ0n) is 33.4. The van der Waals surface area contributed by atoms with Gasteiger partial charge in [0.15, 0.2) is 0 Å². The van der Waals surface area contributed by atoms with Crippen molar-refractivity contribution in [3.63, 3.8) is 0 Å². The summed E-state index contributed by atoms with van der Waals surface area (Å²) in [6.45, 7) is 7.30. The molecule has 1 aliphatic carbocycles. The Labute approximate surface area is 347 Å². The monoisotopic (exact) mass is 818 g/mol. The van der Waals surface area contributed by atoms with Crippen molar-refractivity contribution in [3.8, 4) is 44.5 Å². The fourth-order valence-corrected chi connectivity index (χ4v) is 8.55. The molecule has 2 aliphatic heterocycles. The molecule has 7 aromatic rings. The number of halogens is 6. The smallest absolute Gasteiger partial charge is 0.354 e. The summed E-state index contributed by atoms with van der Waals surface area (Å²) in [5.74, 6) is -16.5. The van der Waals surface area contributed by atoms with Crippen molar-refractivity contribution in [2.45, 2.75) is 45.5 Å². The van der Waals surface area contributed by atoms with Gasteiger partial charge < -0.3 is 9.97 Å². The molecule has 3 aromatic heterocycles. The molecule has 0 radical (unpaired) electrons. The minimum absolute atomic E-state index is 0.106. The first-order chi connectivity index (χ1) is 29.1. The summed E-state index contributed by atoms with van der Waals surface area (Å²) in [5.41, 5.74) is 6.22. The quantitative estimate of drug-likeness (QED) is 0.175. The van der Waals surface area contributed by atoms with Crippen LogP contribution in [-0.2, 0) is 5.92 Å². The molecule has 61 heavy (non-hydrogen) atoms. The normalized spacial score (nSPS) is 15.8. The average molecular weight is 819 g/mol. The van der Waals surface area contributed by atoms with E-state index in [0.29, 0.717) is 44.6 Å². The summed E-state index contributed by atoms with van der Waals surface area (Å²) in [5, 5.41) is 0. The summed E-state index contributed by atoms with van der Waals surface area (Å²) >= 11 is 0. The van der Waals surface area contributed by atoms with Gasteiger partial charge in [-0.25, -0.2) is 9.97 Å². The minimum Gasteiger partial charge on any atom is -0.354 e. The van der Waals surface area contributed by atoms with Crippen LogP contribution in [0.1, 0.15) is 50.6 Å². The van der Waals surface area contributed by atoms with Gasteiger partial charge in [-0.2, -0.15) is 26.3 Å². The lowest BCUT2D eigenvalue weighted by atomic mass is 9.81. The number of alkyl halides is 6. The topological polar surface area (TPSA) is 57.4 Å². The van der Waals surface area contributed by atoms with E-state index in [4.69, 9.17) is 9.97 Å². The number of allylic oxidation sites excluding steroid dienone is 1. The summed E-state index contributed by atoms with van der Waals surface area (Å²) < 4.78 is 99.3. The van der Waals surface area contributed by atoms with E-state index in [2.05, 4.69) is 9.97 Å². The predicted molar refractivity (Wildman–Crippen MR) is 232 cm³/mol. The van der Waals surface area contributed by atoms with Gasteiger partial charge in [0.25, 0.3) is 0 Å². The van der Waals surface area contributed by atoms with Crippen molar-refractivity contribution >= 4 is 45.9 Å². The highest BCUT2D eigenvalue weighted by molar-refractivity contribution is 6.04. The van der Waals surface area contributed by atoms with Crippen molar-refractivity contribution in [3.05, 3.63) is 166 Å². The lowest BCUT2D eigenvalue weighted by Crippen LogP contribution is -2.53. The molecule has 0 unspecified atom stereocenters. The highest BCUT2D eigenvalue weighted by Gasteiger charge is 2.75. The zero-order chi connectivity index (χ0) is 42.6. The third-order valence-corrected chi connectivity index (χ3v) is 11.8. The first kappa shape index (κ1) is 38.3. The molecular formula is C51H36F6N4. The Balaban J connectivity index is 1.46. The van der Waals surface area contributed by atoms with Crippen LogP contribution in [0.15, 0.2) is 115 Å². The molecule has 0 saturated heterocycles. The molecule has 0 amide bonds. The lowest BCUT2D eigenvalue weighted by Gasteiger charge is -2.36. The number of hydrogen-bond acceptors (Lipinski definition) is 2. The molecule has 10 rings (SSSR count). The Morgan fingerprint density at radius 2 is 0.836 bits per heavy atom. The largest absolute Gasteiger partial charge is 0.380 e. The SMILES string of the molecule is Cc1ccc(-c2c3nc(c(-c4ccc(C)cc4)c4ccc([nH]4)c4c5nc(c(-c6ccc(C)cc6)c6ccc2[nH]6)C=C5C(F)(F)C(F)(F)C(F)(F)c2cc(C)ccc2-4)C=C3)cc1. The maximum absolute atomic E-state index is 16.9. The Kier molecular flexibility index (Phi) is 8.50. The van der Waals surface area contributed by atoms with Crippen LogP contribution in [0.2, 0.25) is 0 Å². The number of nitrogens with zero attached hydrogens (tertiary/aromatic N) is 2. The van der Waals surface area contributed by atoms with Crippen LogP contribution in [0.3, 0.4) is 0 Å². The Hall–Kier alpha value is -6.94. The predicted octanol–water partition coefficient (Wildman–Crippen LogP) is 14.3. The van der Waals surface area contributed by atoms with Crippen molar-refractivity contribution in [1.82, 2.24) is 19.9 Å². The van der Waals surface area contributed by atoms with E-state index in [1.807, 2.05) is 99.7 Å². The van der Waals surface area contributed by atoms with Gasteiger partial charge in [-0.05, 0) is 98.5 Å².